The zero-order chi connectivity index (χ0) is 49.5. The van der Waals surface area contributed by atoms with Gasteiger partial charge in [0.1, 0.15) is 11.5 Å². The molecule has 0 amide bonds. The van der Waals surface area contributed by atoms with Gasteiger partial charge in [0.15, 0.2) is 5.78 Å². The third kappa shape index (κ3) is 13.6. The number of hydrogen-bond acceptors (Lipinski definition) is 10. The molecular weight excluding hydrogens is 1020 g/mol. The zero-order valence-corrected chi connectivity index (χ0v) is 47.2. The first-order chi connectivity index (χ1) is 33.1. The van der Waals surface area contributed by atoms with Gasteiger partial charge < -0.3 is 48.0 Å². The molecule has 1 N–H and O–H groups in total. The van der Waals surface area contributed by atoms with Crippen molar-refractivity contribution in [1.82, 2.24) is 0 Å². The number of aryl methyl sites for hydroxylation is 4. The summed E-state index contributed by atoms with van der Waals surface area (Å²) >= 11 is 0. The minimum absolute atomic E-state index is 0. The molecule has 0 unspecified atom stereocenters. The van der Waals surface area contributed by atoms with Crippen LogP contribution in [0.2, 0.25) is 0 Å². The first-order valence-electron chi connectivity index (χ1n) is 25.1. The van der Waals surface area contributed by atoms with Gasteiger partial charge in [-0.1, -0.05) is 38.1 Å². The van der Waals surface area contributed by atoms with E-state index in [0.717, 1.165) is 124 Å². The summed E-state index contributed by atoms with van der Waals surface area (Å²) in [6, 6.07) is 21.6. The van der Waals surface area contributed by atoms with Gasteiger partial charge in [-0.25, -0.2) is 16.8 Å². The van der Waals surface area contributed by atoms with E-state index in [-0.39, 0.29) is 67.7 Å². The van der Waals surface area contributed by atoms with Crippen molar-refractivity contribution in [2.45, 2.75) is 146 Å². The Bertz CT molecular complexity index is 2650. The summed E-state index contributed by atoms with van der Waals surface area (Å²) < 4.78 is 81.6. The third-order valence-electron chi connectivity index (χ3n) is 14.3. The van der Waals surface area contributed by atoms with E-state index in [0.29, 0.717) is 60.5 Å². The molecule has 384 valence electrons. The Morgan fingerprint density at radius 3 is 1.51 bits per heavy atom. The van der Waals surface area contributed by atoms with Gasteiger partial charge in [-0.2, -0.15) is 6.92 Å². The summed E-state index contributed by atoms with van der Waals surface area (Å²) in [5.74, 6) is 1.60. The smallest absolute Gasteiger partial charge is 1.00 e. The van der Waals surface area contributed by atoms with E-state index in [1.54, 1.807) is 41.6 Å². The number of aliphatic hydroxyl groups is 1. The van der Waals surface area contributed by atoms with Crippen molar-refractivity contribution in [3.05, 3.63) is 113 Å². The molecule has 2 saturated heterocycles. The van der Waals surface area contributed by atoms with Crippen LogP contribution in [0.3, 0.4) is 0 Å². The Balaban J connectivity index is 0.000000249. The maximum absolute atomic E-state index is 14.0. The molecule has 16 heteroatoms. The van der Waals surface area contributed by atoms with Crippen LogP contribution in [0.5, 0.6) is 11.5 Å². The second kappa shape index (κ2) is 25.8. The van der Waals surface area contributed by atoms with E-state index < -0.39 is 25.6 Å². The molecule has 4 aromatic carbocycles. The second-order valence-corrected chi connectivity index (χ2v) is 22.8. The molecule has 5 aliphatic rings. The molecule has 2 atom stereocenters. The van der Waals surface area contributed by atoms with Crippen molar-refractivity contribution >= 4 is 60.3 Å². The third-order valence-corrected chi connectivity index (χ3v) is 18.2. The van der Waals surface area contributed by atoms with E-state index in [1.165, 1.54) is 17.3 Å². The molecule has 12 nitrogen and oxygen atoms in total. The quantitative estimate of drug-likeness (QED) is 0.0811. The minimum atomic E-state index is -3.85. The van der Waals surface area contributed by atoms with Crippen LogP contribution in [0.25, 0.3) is 0 Å². The molecule has 9 rings (SSSR count). The topological polar surface area (TPSA) is 149 Å². The summed E-state index contributed by atoms with van der Waals surface area (Å²) in [6.45, 7) is 18.5. The number of Topliss-reactive ketones (excluding diaryl/α,β-unsaturated/α-hetero) is 1. The van der Waals surface area contributed by atoms with E-state index in [1.807, 2.05) is 32.0 Å². The number of hydrogen-bond donors (Lipinski definition) is 1. The SMILES string of the molecule is CCc1ccc2c(c1)N(S(=O)(=O)c1ccc(OCC3CCOCC3)c(C(C)=O)c1)[C@@H](C)CC2.CCc1ccc2c(c1)N(S(=O)(=O)c1ccc(OCC3CCOCC3)c(C3(O)CC3)c1)[C@@H](C)CC2.[Br-].[CH2-]C.[Mg+2]. The number of anilines is 2. The average Bonchev–Trinajstić information content (AvgIpc) is 4.13. The molecule has 0 spiro atoms. The van der Waals surface area contributed by atoms with Crippen molar-refractivity contribution in [3.63, 3.8) is 0 Å². The maximum Gasteiger partial charge on any atom is 2.00 e. The van der Waals surface area contributed by atoms with Gasteiger partial charge in [-0.15, -0.1) is 0 Å². The monoisotopic (exact) mass is 1090 g/mol. The van der Waals surface area contributed by atoms with Gasteiger partial charge in [-0.3, -0.25) is 13.4 Å². The number of benzene rings is 4. The predicted octanol–water partition coefficient (Wildman–Crippen LogP) is 6.82. The van der Waals surface area contributed by atoms with Gasteiger partial charge in [0.2, 0.25) is 0 Å². The Hall–Kier alpha value is -3.22. The molecule has 0 radical (unpaired) electrons. The van der Waals surface area contributed by atoms with Gasteiger partial charge >= 0.3 is 23.1 Å². The van der Waals surface area contributed by atoms with Crippen LogP contribution in [0.15, 0.2) is 82.6 Å². The van der Waals surface area contributed by atoms with Crippen molar-refractivity contribution in [3.8, 4) is 11.5 Å². The van der Waals surface area contributed by atoms with Crippen LogP contribution >= 0.6 is 0 Å². The van der Waals surface area contributed by atoms with Crippen LogP contribution in [0, 0.1) is 18.8 Å². The molecule has 3 fully saturated rings. The van der Waals surface area contributed by atoms with Crippen molar-refractivity contribution in [2.75, 3.05) is 48.3 Å². The first-order valence-corrected chi connectivity index (χ1v) is 28.0. The Morgan fingerprint density at radius 2 is 1.08 bits per heavy atom. The number of rotatable bonds is 14. The molecule has 4 aromatic rings. The number of carbonyl (C=O) groups excluding carboxylic acids is 1. The van der Waals surface area contributed by atoms with Gasteiger partial charge in [0.25, 0.3) is 20.0 Å². The number of ether oxygens (including phenoxy) is 4. The molecule has 71 heavy (non-hydrogen) atoms. The van der Waals surface area contributed by atoms with Crippen LogP contribution < -0.4 is 35.1 Å². The van der Waals surface area contributed by atoms with Crippen molar-refractivity contribution in [2.24, 2.45) is 11.8 Å². The van der Waals surface area contributed by atoms with E-state index >= 15 is 0 Å². The predicted molar refractivity (Wildman–Crippen MR) is 277 cm³/mol. The van der Waals surface area contributed by atoms with Crippen molar-refractivity contribution in [1.29, 1.82) is 0 Å². The Morgan fingerprint density at radius 1 is 0.662 bits per heavy atom. The number of nitrogens with zero attached hydrogens (tertiary/aromatic N) is 2. The summed E-state index contributed by atoms with van der Waals surface area (Å²) in [5, 5.41) is 11.0. The van der Waals surface area contributed by atoms with Crippen molar-refractivity contribution < 1.29 is 62.7 Å². The second-order valence-electron chi connectivity index (χ2n) is 19.1. The fraction of sp³-hybridized carbons (Fsp3) is 0.527. The molecule has 1 aliphatic carbocycles. The average molecular weight is 1090 g/mol. The minimum Gasteiger partial charge on any atom is -1.00 e. The number of carbonyl (C=O) groups is 1. The largest absolute Gasteiger partial charge is 2.00 e. The maximum atomic E-state index is 14.0. The Kier molecular flexibility index (Phi) is 21.3. The molecule has 0 bridgehead atoms. The van der Waals surface area contributed by atoms with Gasteiger partial charge in [0, 0.05) is 44.1 Å². The van der Waals surface area contributed by atoms with E-state index in [9.17, 15) is 26.7 Å². The first kappa shape index (κ1) is 58.7. The zero-order valence-electron chi connectivity index (χ0n) is 42.6. The summed E-state index contributed by atoms with van der Waals surface area (Å²) in [4.78, 5) is 12.7. The standard InChI is InChI=1S/C27H35NO5S.C26H33NO5S.C2H5.BrH.Mg/c1-3-20-5-7-22-6-4-19(2)28(25(22)16-20)34(30,31)23-8-9-26(24(17-23)27(29)12-13-27)33-18-21-10-14-32-15-11-21;1-4-20-6-8-22-7-5-18(2)27(25(22)15-20)33(29,30)23-9-10-26(24(16-23)19(3)28)32-17-21-11-13-31-14-12-21;1-2;;/h5,7-9,16-17,19,21,29H,3-4,6,10-15,18H2,1-2H3;6,8-10,15-16,18,21H,4-5,7,11-14,17H2,1-3H3;1H2,2H3;1H;/q;;-1;;+2/p-1/t19-;18-;;;/m00.../s1. The molecular formula is C55H73BrMgN2O10S2. The molecule has 4 heterocycles. The van der Waals surface area contributed by atoms with Gasteiger partial charge in [-0.05, 0) is 180 Å². The number of ketones is 1. The summed E-state index contributed by atoms with van der Waals surface area (Å²) in [5.41, 5.74) is 5.75. The van der Waals surface area contributed by atoms with Crippen LogP contribution in [-0.4, -0.2) is 103 Å². The summed E-state index contributed by atoms with van der Waals surface area (Å²) in [6.07, 6.45) is 9.94. The number of sulfonamides is 2. The Labute approximate surface area is 450 Å². The van der Waals surface area contributed by atoms with Crippen LogP contribution in [-0.2, 0) is 60.8 Å². The molecule has 1 saturated carbocycles. The van der Waals surface area contributed by atoms with Crippen LogP contribution in [0.1, 0.15) is 131 Å². The molecule has 4 aliphatic heterocycles. The fourth-order valence-corrected chi connectivity index (χ4v) is 13.2. The van der Waals surface area contributed by atoms with E-state index in [4.69, 9.17) is 18.9 Å². The van der Waals surface area contributed by atoms with E-state index in [2.05, 4.69) is 39.0 Å². The number of fused-ring (bicyclic) bond motifs is 2. The van der Waals surface area contributed by atoms with Gasteiger partial charge in [0.05, 0.1) is 45.5 Å². The molecule has 0 aromatic heterocycles. The summed E-state index contributed by atoms with van der Waals surface area (Å²) in [7, 11) is -7.66. The van der Waals surface area contributed by atoms with Crippen LogP contribution in [0.4, 0.5) is 11.4 Å². The number of halogens is 1. The normalized spacial score (nSPS) is 19.7. The fourth-order valence-electron chi connectivity index (χ4n) is 9.75.